The number of carbonyl (C=O) groups excluding carboxylic acids is 2. The van der Waals surface area contributed by atoms with E-state index in [9.17, 15) is 14.0 Å². The molecule has 0 bridgehead atoms. The highest BCUT2D eigenvalue weighted by Crippen LogP contribution is 2.05. The average Bonchev–Trinajstić information content (AvgIpc) is 2.38. The molecule has 0 radical (unpaired) electrons. The van der Waals surface area contributed by atoms with E-state index in [1.807, 2.05) is 6.07 Å². The third-order valence-corrected chi connectivity index (χ3v) is 2.54. The maximum absolute atomic E-state index is 12.7. The van der Waals surface area contributed by atoms with E-state index in [1.165, 1.54) is 12.1 Å². The minimum atomic E-state index is -0.828. The molecule has 6 heteroatoms. The SMILES string of the molecule is N#CCCC[C@H](NC(=O)c1ccc(F)cc1)C(N)=O. The summed E-state index contributed by atoms with van der Waals surface area (Å²) >= 11 is 0. The molecule has 0 aliphatic carbocycles. The molecule has 100 valence electrons. The summed E-state index contributed by atoms with van der Waals surface area (Å²) in [4.78, 5) is 23.0. The van der Waals surface area contributed by atoms with Crippen LogP contribution < -0.4 is 11.1 Å². The van der Waals surface area contributed by atoms with E-state index in [4.69, 9.17) is 11.0 Å². The van der Waals surface area contributed by atoms with Gasteiger partial charge >= 0.3 is 0 Å². The van der Waals surface area contributed by atoms with Gasteiger partial charge in [-0.2, -0.15) is 5.26 Å². The summed E-state index contributed by atoms with van der Waals surface area (Å²) in [5.41, 5.74) is 5.42. The number of nitrogens with zero attached hydrogens (tertiary/aromatic N) is 1. The van der Waals surface area contributed by atoms with Crippen LogP contribution in [0.25, 0.3) is 0 Å². The number of unbranched alkanes of at least 4 members (excludes halogenated alkanes) is 1. The van der Waals surface area contributed by atoms with Gasteiger partial charge in [-0.05, 0) is 37.1 Å². The van der Waals surface area contributed by atoms with Crippen LogP contribution in [-0.2, 0) is 4.79 Å². The van der Waals surface area contributed by atoms with Crippen LogP contribution in [-0.4, -0.2) is 17.9 Å². The normalized spacial score (nSPS) is 11.4. The average molecular weight is 263 g/mol. The molecule has 0 aliphatic heterocycles. The predicted octanol–water partition coefficient (Wildman–Crippen LogP) is 1.10. The first-order chi connectivity index (χ1) is 9.04. The number of nitrogens with two attached hydrogens (primary N) is 1. The molecule has 0 aliphatic rings. The Bertz CT molecular complexity index is 494. The molecule has 1 rings (SSSR count). The summed E-state index contributed by atoms with van der Waals surface area (Å²) in [6, 6.07) is 6.07. The van der Waals surface area contributed by atoms with E-state index in [0.29, 0.717) is 12.8 Å². The zero-order valence-electron chi connectivity index (χ0n) is 10.2. The van der Waals surface area contributed by atoms with Gasteiger partial charge in [0.2, 0.25) is 5.91 Å². The molecule has 19 heavy (non-hydrogen) atoms. The Labute approximate surface area is 110 Å². The number of halogens is 1. The monoisotopic (exact) mass is 263 g/mol. The van der Waals surface area contributed by atoms with Crippen molar-refractivity contribution in [3.05, 3.63) is 35.6 Å². The number of hydrogen-bond acceptors (Lipinski definition) is 3. The van der Waals surface area contributed by atoms with Gasteiger partial charge in [0.15, 0.2) is 0 Å². The molecular formula is C13H14FN3O2. The quantitative estimate of drug-likeness (QED) is 0.752. The van der Waals surface area contributed by atoms with Crippen LogP contribution in [0.4, 0.5) is 4.39 Å². The highest BCUT2D eigenvalue weighted by atomic mass is 19.1. The van der Waals surface area contributed by atoms with Crippen LogP contribution in [0.3, 0.4) is 0 Å². The van der Waals surface area contributed by atoms with Gasteiger partial charge in [0.1, 0.15) is 11.9 Å². The second-order valence-corrected chi connectivity index (χ2v) is 3.99. The van der Waals surface area contributed by atoms with Gasteiger partial charge in [0, 0.05) is 12.0 Å². The molecule has 2 amide bonds. The fourth-order valence-electron chi connectivity index (χ4n) is 1.51. The highest BCUT2D eigenvalue weighted by Gasteiger charge is 2.18. The molecule has 0 heterocycles. The Morgan fingerprint density at radius 2 is 2.00 bits per heavy atom. The van der Waals surface area contributed by atoms with Crippen LogP contribution in [0, 0.1) is 17.1 Å². The summed E-state index contributed by atoms with van der Waals surface area (Å²) in [6.45, 7) is 0. The van der Waals surface area contributed by atoms with Gasteiger partial charge in [-0.15, -0.1) is 0 Å². The number of rotatable bonds is 6. The van der Waals surface area contributed by atoms with E-state index < -0.39 is 23.7 Å². The fraction of sp³-hybridized carbons (Fsp3) is 0.308. The molecule has 1 aromatic carbocycles. The number of benzene rings is 1. The Hall–Kier alpha value is -2.42. The maximum Gasteiger partial charge on any atom is 0.251 e. The molecule has 0 saturated carbocycles. The molecule has 3 N–H and O–H groups in total. The molecule has 5 nitrogen and oxygen atoms in total. The van der Waals surface area contributed by atoms with Crippen LogP contribution >= 0.6 is 0 Å². The number of nitriles is 1. The third-order valence-electron chi connectivity index (χ3n) is 2.54. The molecular weight excluding hydrogens is 249 g/mol. The third kappa shape index (κ3) is 4.76. The molecule has 0 saturated heterocycles. The van der Waals surface area contributed by atoms with E-state index in [1.54, 1.807) is 0 Å². The van der Waals surface area contributed by atoms with E-state index in [2.05, 4.69) is 5.32 Å². The number of hydrogen-bond donors (Lipinski definition) is 2. The van der Waals surface area contributed by atoms with Crippen molar-refractivity contribution in [3.63, 3.8) is 0 Å². The number of nitrogens with one attached hydrogen (secondary N) is 1. The first-order valence-corrected chi connectivity index (χ1v) is 5.77. The van der Waals surface area contributed by atoms with Crippen molar-refractivity contribution >= 4 is 11.8 Å². The van der Waals surface area contributed by atoms with Crippen molar-refractivity contribution in [1.82, 2.24) is 5.32 Å². The Morgan fingerprint density at radius 3 is 2.53 bits per heavy atom. The second-order valence-electron chi connectivity index (χ2n) is 3.99. The molecule has 0 unspecified atom stereocenters. The highest BCUT2D eigenvalue weighted by molar-refractivity contribution is 5.97. The maximum atomic E-state index is 12.7. The topological polar surface area (TPSA) is 96.0 Å². The number of carbonyl (C=O) groups is 2. The summed E-state index contributed by atoms with van der Waals surface area (Å²) in [5.74, 6) is -1.61. The van der Waals surface area contributed by atoms with Crippen molar-refractivity contribution in [3.8, 4) is 6.07 Å². The standard InChI is InChI=1S/C13H14FN3O2/c14-10-6-4-9(5-7-10)13(19)17-11(12(16)18)3-1-2-8-15/h4-7,11H,1-3H2,(H2,16,18)(H,17,19)/t11-/m0/s1. The van der Waals surface area contributed by atoms with Gasteiger partial charge in [0.25, 0.3) is 5.91 Å². The first kappa shape index (κ1) is 14.6. The molecule has 0 spiro atoms. The molecule has 1 atom stereocenters. The predicted molar refractivity (Wildman–Crippen MR) is 66.3 cm³/mol. The van der Waals surface area contributed by atoms with Crippen molar-refractivity contribution in [2.75, 3.05) is 0 Å². The fourth-order valence-corrected chi connectivity index (χ4v) is 1.51. The Morgan fingerprint density at radius 1 is 1.37 bits per heavy atom. The van der Waals surface area contributed by atoms with Crippen molar-refractivity contribution in [2.45, 2.75) is 25.3 Å². The van der Waals surface area contributed by atoms with E-state index >= 15 is 0 Å². The number of primary amides is 1. The van der Waals surface area contributed by atoms with Crippen LogP contribution in [0.1, 0.15) is 29.6 Å². The molecule has 1 aromatic rings. The summed E-state index contributed by atoms with van der Waals surface area (Å²) in [5, 5.41) is 10.9. The molecule has 0 fully saturated rings. The van der Waals surface area contributed by atoms with Crippen molar-refractivity contribution in [2.24, 2.45) is 5.73 Å². The largest absolute Gasteiger partial charge is 0.368 e. The summed E-state index contributed by atoms with van der Waals surface area (Å²) in [6.07, 6.45) is 1.06. The minimum Gasteiger partial charge on any atom is -0.368 e. The molecule has 0 aromatic heterocycles. The van der Waals surface area contributed by atoms with Crippen molar-refractivity contribution < 1.29 is 14.0 Å². The van der Waals surface area contributed by atoms with E-state index in [0.717, 1.165) is 12.1 Å². The first-order valence-electron chi connectivity index (χ1n) is 5.77. The zero-order valence-corrected chi connectivity index (χ0v) is 10.2. The van der Waals surface area contributed by atoms with E-state index in [-0.39, 0.29) is 12.0 Å². The zero-order chi connectivity index (χ0) is 14.3. The van der Waals surface area contributed by atoms with Gasteiger partial charge in [0.05, 0.1) is 6.07 Å². The van der Waals surface area contributed by atoms with Crippen LogP contribution in [0.5, 0.6) is 0 Å². The van der Waals surface area contributed by atoms with Gasteiger partial charge in [-0.3, -0.25) is 9.59 Å². The lowest BCUT2D eigenvalue weighted by atomic mass is 10.1. The van der Waals surface area contributed by atoms with Gasteiger partial charge < -0.3 is 11.1 Å². The van der Waals surface area contributed by atoms with Crippen LogP contribution in [0.15, 0.2) is 24.3 Å². The lowest BCUT2D eigenvalue weighted by Crippen LogP contribution is -2.44. The lowest BCUT2D eigenvalue weighted by Gasteiger charge is -2.14. The minimum absolute atomic E-state index is 0.243. The van der Waals surface area contributed by atoms with Crippen LogP contribution in [0.2, 0.25) is 0 Å². The summed E-state index contributed by atoms with van der Waals surface area (Å²) in [7, 11) is 0. The van der Waals surface area contributed by atoms with Crippen molar-refractivity contribution in [1.29, 1.82) is 5.26 Å². The number of amides is 2. The lowest BCUT2D eigenvalue weighted by molar-refractivity contribution is -0.120. The Kier molecular flexibility index (Phi) is 5.48. The van der Waals surface area contributed by atoms with Gasteiger partial charge in [-0.1, -0.05) is 0 Å². The summed E-state index contributed by atoms with van der Waals surface area (Å²) < 4.78 is 12.7. The Balaban J connectivity index is 2.63. The smallest absolute Gasteiger partial charge is 0.251 e. The van der Waals surface area contributed by atoms with Gasteiger partial charge in [-0.25, -0.2) is 4.39 Å². The second kappa shape index (κ2) is 7.11.